The van der Waals surface area contributed by atoms with Crippen molar-refractivity contribution in [2.75, 3.05) is 0 Å². The van der Waals surface area contributed by atoms with Gasteiger partial charge in [-0.15, -0.1) is 0 Å². The summed E-state index contributed by atoms with van der Waals surface area (Å²) >= 11 is 6.31. The molecule has 106 valence electrons. The Bertz CT molecular complexity index is 588. The van der Waals surface area contributed by atoms with E-state index in [1.807, 2.05) is 13.0 Å². The largest absolute Gasteiger partial charge is 0.271 e. The van der Waals surface area contributed by atoms with Crippen LogP contribution in [0.15, 0.2) is 36.4 Å². The first-order valence-electron chi connectivity index (χ1n) is 6.79. The maximum Gasteiger partial charge on any atom is 0.0501 e. The van der Waals surface area contributed by atoms with Gasteiger partial charge in [0.15, 0.2) is 0 Å². The fraction of sp³-hybridized carbons (Fsp3) is 0.294. The monoisotopic (exact) mass is 288 g/mol. The van der Waals surface area contributed by atoms with Crippen molar-refractivity contribution >= 4 is 11.6 Å². The highest BCUT2D eigenvalue weighted by molar-refractivity contribution is 6.31. The topological polar surface area (TPSA) is 38.0 Å². The molecular formula is C17H21ClN2. The summed E-state index contributed by atoms with van der Waals surface area (Å²) in [6, 6.07) is 12.7. The molecule has 0 radical (unpaired) electrons. The third-order valence-corrected chi connectivity index (χ3v) is 3.83. The Morgan fingerprint density at radius 2 is 1.65 bits per heavy atom. The Balaban J connectivity index is 2.28. The highest BCUT2D eigenvalue weighted by atomic mass is 35.5. The second-order valence-electron chi connectivity index (χ2n) is 5.44. The summed E-state index contributed by atoms with van der Waals surface area (Å²) in [6.45, 7) is 6.24. The van der Waals surface area contributed by atoms with E-state index in [9.17, 15) is 0 Å². The Kier molecular flexibility index (Phi) is 4.81. The first kappa shape index (κ1) is 15.0. The van der Waals surface area contributed by atoms with Crippen LogP contribution in [0.4, 0.5) is 0 Å². The van der Waals surface area contributed by atoms with Gasteiger partial charge in [0.05, 0.1) is 6.04 Å². The van der Waals surface area contributed by atoms with E-state index in [0.29, 0.717) is 0 Å². The molecule has 0 fully saturated rings. The van der Waals surface area contributed by atoms with Gasteiger partial charge in [-0.05, 0) is 49.9 Å². The maximum absolute atomic E-state index is 6.31. The van der Waals surface area contributed by atoms with E-state index in [-0.39, 0.29) is 6.04 Å². The van der Waals surface area contributed by atoms with Gasteiger partial charge in [0.1, 0.15) is 0 Å². The van der Waals surface area contributed by atoms with E-state index in [1.165, 1.54) is 22.3 Å². The number of hydrogen-bond acceptors (Lipinski definition) is 2. The van der Waals surface area contributed by atoms with Crippen molar-refractivity contribution in [3.63, 3.8) is 0 Å². The maximum atomic E-state index is 6.31. The van der Waals surface area contributed by atoms with Crippen molar-refractivity contribution < 1.29 is 0 Å². The van der Waals surface area contributed by atoms with Crippen molar-refractivity contribution in [3.8, 4) is 0 Å². The quantitative estimate of drug-likeness (QED) is 0.659. The minimum absolute atomic E-state index is 0.0637. The SMILES string of the molecule is Cc1cc(C)cc(C(Cc2ccc(C)cc2Cl)NN)c1. The van der Waals surface area contributed by atoms with Crippen molar-refractivity contribution in [3.05, 3.63) is 69.2 Å². The van der Waals surface area contributed by atoms with E-state index in [2.05, 4.69) is 49.6 Å². The number of rotatable bonds is 4. The molecule has 0 aliphatic heterocycles. The van der Waals surface area contributed by atoms with Gasteiger partial charge in [0.25, 0.3) is 0 Å². The van der Waals surface area contributed by atoms with Crippen LogP contribution in [0.25, 0.3) is 0 Å². The van der Waals surface area contributed by atoms with E-state index in [0.717, 1.165) is 17.0 Å². The smallest absolute Gasteiger partial charge is 0.0501 e. The first-order chi connectivity index (χ1) is 9.49. The van der Waals surface area contributed by atoms with Gasteiger partial charge in [0.2, 0.25) is 0 Å². The van der Waals surface area contributed by atoms with E-state index >= 15 is 0 Å². The highest BCUT2D eigenvalue weighted by Gasteiger charge is 2.13. The molecule has 20 heavy (non-hydrogen) atoms. The lowest BCUT2D eigenvalue weighted by Gasteiger charge is -2.18. The summed E-state index contributed by atoms with van der Waals surface area (Å²) < 4.78 is 0. The van der Waals surface area contributed by atoms with Gasteiger partial charge in [-0.1, -0.05) is 53.1 Å². The predicted molar refractivity (Wildman–Crippen MR) is 85.9 cm³/mol. The van der Waals surface area contributed by atoms with E-state index in [4.69, 9.17) is 17.4 Å². The molecule has 0 spiro atoms. The zero-order chi connectivity index (χ0) is 14.7. The normalized spacial score (nSPS) is 12.4. The summed E-state index contributed by atoms with van der Waals surface area (Å²) in [5.41, 5.74) is 8.87. The minimum Gasteiger partial charge on any atom is -0.271 e. The molecule has 0 heterocycles. The molecule has 0 amide bonds. The fourth-order valence-electron chi connectivity index (χ4n) is 2.52. The number of nitrogens with one attached hydrogen (secondary N) is 1. The minimum atomic E-state index is 0.0637. The third kappa shape index (κ3) is 3.60. The van der Waals surface area contributed by atoms with Crippen LogP contribution in [0, 0.1) is 20.8 Å². The number of nitrogens with two attached hydrogens (primary N) is 1. The molecule has 0 bridgehead atoms. The Morgan fingerprint density at radius 1 is 1.00 bits per heavy atom. The number of aryl methyl sites for hydroxylation is 3. The zero-order valence-electron chi connectivity index (χ0n) is 12.2. The fourth-order valence-corrected chi connectivity index (χ4v) is 2.83. The average Bonchev–Trinajstić information content (AvgIpc) is 2.36. The van der Waals surface area contributed by atoms with Crippen LogP contribution in [0.5, 0.6) is 0 Å². The molecule has 2 aromatic carbocycles. The van der Waals surface area contributed by atoms with Crippen molar-refractivity contribution in [2.45, 2.75) is 33.2 Å². The van der Waals surface area contributed by atoms with Gasteiger partial charge in [0, 0.05) is 5.02 Å². The van der Waals surface area contributed by atoms with Crippen molar-refractivity contribution in [2.24, 2.45) is 5.84 Å². The molecule has 3 N–H and O–H groups in total. The van der Waals surface area contributed by atoms with Crippen LogP contribution >= 0.6 is 11.6 Å². The Morgan fingerprint density at radius 3 is 2.20 bits per heavy atom. The van der Waals surface area contributed by atoms with Gasteiger partial charge in [-0.25, -0.2) is 0 Å². The number of halogens is 1. The Hall–Kier alpha value is -1.35. The second-order valence-corrected chi connectivity index (χ2v) is 5.85. The van der Waals surface area contributed by atoms with Gasteiger partial charge >= 0.3 is 0 Å². The highest BCUT2D eigenvalue weighted by Crippen LogP contribution is 2.25. The molecule has 2 rings (SSSR count). The van der Waals surface area contributed by atoms with Crippen LogP contribution in [0.3, 0.4) is 0 Å². The summed E-state index contributed by atoms with van der Waals surface area (Å²) in [5.74, 6) is 5.74. The number of benzene rings is 2. The number of hydrogen-bond donors (Lipinski definition) is 2. The summed E-state index contributed by atoms with van der Waals surface area (Å²) in [7, 11) is 0. The van der Waals surface area contributed by atoms with Gasteiger partial charge in [-0.3, -0.25) is 11.3 Å². The summed E-state index contributed by atoms with van der Waals surface area (Å²) in [5, 5.41) is 0.801. The van der Waals surface area contributed by atoms with Crippen LogP contribution in [0.1, 0.15) is 33.9 Å². The van der Waals surface area contributed by atoms with Crippen LogP contribution in [0.2, 0.25) is 5.02 Å². The first-order valence-corrected chi connectivity index (χ1v) is 7.16. The van der Waals surface area contributed by atoms with Crippen LogP contribution in [-0.4, -0.2) is 0 Å². The molecule has 3 heteroatoms. The molecule has 0 aliphatic rings. The lowest BCUT2D eigenvalue weighted by molar-refractivity contribution is 0.551. The van der Waals surface area contributed by atoms with Crippen molar-refractivity contribution in [1.82, 2.24) is 5.43 Å². The lowest BCUT2D eigenvalue weighted by Crippen LogP contribution is -2.29. The van der Waals surface area contributed by atoms with E-state index in [1.54, 1.807) is 0 Å². The molecule has 2 nitrogen and oxygen atoms in total. The molecular weight excluding hydrogens is 268 g/mol. The standard InChI is InChI=1S/C17H21ClN2/c1-11-4-5-14(16(18)9-11)10-17(20-19)15-7-12(2)6-13(3)8-15/h4-9,17,20H,10,19H2,1-3H3. The van der Waals surface area contributed by atoms with Crippen LogP contribution in [-0.2, 0) is 6.42 Å². The lowest BCUT2D eigenvalue weighted by atomic mass is 9.96. The van der Waals surface area contributed by atoms with Gasteiger partial charge in [-0.2, -0.15) is 0 Å². The van der Waals surface area contributed by atoms with E-state index < -0.39 is 0 Å². The van der Waals surface area contributed by atoms with Crippen LogP contribution < -0.4 is 11.3 Å². The molecule has 2 aromatic rings. The average molecular weight is 289 g/mol. The molecule has 1 atom stereocenters. The molecule has 0 aliphatic carbocycles. The zero-order valence-corrected chi connectivity index (χ0v) is 13.0. The summed E-state index contributed by atoms with van der Waals surface area (Å²) in [4.78, 5) is 0. The Labute approximate surface area is 125 Å². The summed E-state index contributed by atoms with van der Waals surface area (Å²) in [6.07, 6.45) is 0.776. The molecule has 0 saturated carbocycles. The van der Waals surface area contributed by atoms with Crippen molar-refractivity contribution in [1.29, 1.82) is 0 Å². The third-order valence-electron chi connectivity index (χ3n) is 3.48. The molecule has 1 unspecified atom stereocenters. The van der Waals surface area contributed by atoms with Gasteiger partial charge < -0.3 is 0 Å². The number of hydrazine groups is 1. The second kappa shape index (κ2) is 6.40. The molecule has 0 saturated heterocycles. The molecule has 0 aromatic heterocycles. The predicted octanol–water partition coefficient (Wildman–Crippen LogP) is 4.01.